The summed E-state index contributed by atoms with van der Waals surface area (Å²) in [6.45, 7) is 5.33. The van der Waals surface area contributed by atoms with Gasteiger partial charge in [0.05, 0.1) is 0 Å². The van der Waals surface area contributed by atoms with Gasteiger partial charge in [-0.3, -0.25) is 0 Å². The van der Waals surface area contributed by atoms with E-state index in [1.807, 2.05) is 0 Å². The molecule has 0 amide bonds. The van der Waals surface area contributed by atoms with Crippen molar-refractivity contribution in [3.8, 4) is 0 Å². The first-order valence-electron chi connectivity index (χ1n) is 4.63. The Morgan fingerprint density at radius 3 is 2.13 bits per heavy atom. The largest absolute Gasteiger partial charge is 0.323 e. The van der Waals surface area contributed by atoms with E-state index in [9.17, 15) is 13.2 Å². The number of nitrogens with two attached hydrogens (primary N) is 1. The Hall–Kier alpha value is -1.03. The Balaban J connectivity index is 3.25. The van der Waals surface area contributed by atoms with Crippen LogP contribution in [0.3, 0.4) is 0 Å². The zero-order chi connectivity index (χ0) is 11.8. The summed E-state index contributed by atoms with van der Waals surface area (Å²) in [6.07, 6.45) is 0. The molecule has 0 fully saturated rings. The molecule has 1 aromatic carbocycles. The fourth-order valence-corrected chi connectivity index (χ4v) is 1.27. The quantitative estimate of drug-likeness (QED) is 0.718. The highest BCUT2D eigenvalue weighted by Gasteiger charge is 2.26. The van der Waals surface area contributed by atoms with Gasteiger partial charge in [0.25, 0.3) is 0 Å². The second-order valence-corrected chi connectivity index (χ2v) is 4.63. The van der Waals surface area contributed by atoms with Gasteiger partial charge in [-0.25, -0.2) is 13.2 Å². The summed E-state index contributed by atoms with van der Waals surface area (Å²) in [5, 5.41) is 0. The van der Waals surface area contributed by atoms with E-state index in [4.69, 9.17) is 5.73 Å². The molecule has 0 aromatic heterocycles. The van der Waals surface area contributed by atoms with Crippen LogP contribution in [0.4, 0.5) is 13.2 Å². The summed E-state index contributed by atoms with van der Waals surface area (Å²) in [6, 6.07) is 0.699. The van der Waals surface area contributed by atoms with Crippen molar-refractivity contribution in [1.82, 2.24) is 0 Å². The minimum atomic E-state index is -1.20. The summed E-state index contributed by atoms with van der Waals surface area (Å²) in [4.78, 5) is 0. The minimum Gasteiger partial charge on any atom is -0.323 e. The summed E-state index contributed by atoms with van der Waals surface area (Å²) in [5.74, 6) is -3.09. The highest BCUT2D eigenvalue weighted by atomic mass is 19.2. The van der Waals surface area contributed by atoms with Crippen LogP contribution in [0, 0.1) is 22.9 Å². The molecule has 0 saturated carbocycles. The van der Waals surface area contributed by atoms with Gasteiger partial charge >= 0.3 is 0 Å². The maximum Gasteiger partial charge on any atom is 0.163 e. The number of halogens is 3. The molecule has 4 heteroatoms. The SMILES string of the molecule is CC(C)(C)[C@@H](N)c1cc(F)cc(F)c1F. The maximum atomic E-state index is 13.3. The number of hydrogen-bond acceptors (Lipinski definition) is 1. The molecule has 0 aliphatic rings. The molecule has 1 rings (SSSR count). The lowest BCUT2D eigenvalue weighted by molar-refractivity contribution is 0.314. The van der Waals surface area contributed by atoms with Crippen molar-refractivity contribution >= 4 is 0 Å². The van der Waals surface area contributed by atoms with Crippen molar-refractivity contribution in [2.45, 2.75) is 26.8 Å². The fourth-order valence-electron chi connectivity index (χ4n) is 1.27. The third-order valence-electron chi connectivity index (χ3n) is 2.29. The van der Waals surface area contributed by atoms with Gasteiger partial charge in [0.2, 0.25) is 0 Å². The maximum absolute atomic E-state index is 13.3. The topological polar surface area (TPSA) is 26.0 Å². The molecule has 2 N–H and O–H groups in total. The van der Waals surface area contributed by atoms with E-state index in [2.05, 4.69) is 0 Å². The highest BCUT2D eigenvalue weighted by molar-refractivity contribution is 5.24. The summed E-state index contributed by atoms with van der Waals surface area (Å²) < 4.78 is 39.2. The molecule has 84 valence electrons. The second-order valence-electron chi connectivity index (χ2n) is 4.63. The van der Waals surface area contributed by atoms with E-state index in [1.54, 1.807) is 20.8 Å². The smallest absolute Gasteiger partial charge is 0.163 e. The molecule has 1 aromatic rings. The van der Waals surface area contributed by atoms with E-state index < -0.39 is 28.9 Å². The Morgan fingerprint density at radius 1 is 1.13 bits per heavy atom. The Morgan fingerprint density at radius 2 is 1.67 bits per heavy atom. The summed E-state index contributed by atoms with van der Waals surface area (Å²) in [7, 11) is 0. The van der Waals surface area contributed by atoms with Crippen molar-refractivity contribution in [3.05, 3.63) is 35.1 Å². The van der Waals surface area contributed by atoms with Crippen molar-refractivity contribution < 1.29 is 13.2 Å². The van der Waals surface area contributed by atoms with E-state index in [-0.39, 0.29) is 5.56 Å². The van der Waals surface area contributed by atoms with E-state index in [0.717, 1.165) is 6.07 Å². The lowest BCUT2D eigenvalue weighted by Gasteiger charge is -2.27. The van der Waals surface area contributed by atoms with Gasteiger partial charge in [0, 0.05) is 17.7 Å². The number of rotatable bonds is 1. The zero-order valence-electron chi connectivity index (χ0n) is 8.94. The van der Waals surface area contributed by atoms with Crippen LogP contribution < -0.4 is 5.73 Å². The Labute approximate surface area is 87.1 Å². The van der Waals surface area contributed by atoms with E-state index in [0.29, 0.717) is 6.07 Å². The Bertz CT molecular complexity index is 369. The zero-order valence-corrected chi connectivity index (χ0v) is 8.94. The van der Waals surface area contributed by atoms with Crippen LogP contribution >= 0.6 is 0 Å². The summed E-state index contributed by atoms with van der Waals surface area (Å²) in [5.41, 5.74) is 5.16. The first kappa shape index (κ1) is 12.0. The van der Waals surface area contributed by atoms with Crippen LogP contribution in [-0.2, 0) is 0 Å². The second kappa shape index (κ2) is 3.85. The fraction of sp³-hybridized carbons (Fsp3) is 0.455. The number of hydrogen-bond donors (Lipinski definition) is 1. The van der Waals surface area contributed by atoms with E-state index in [1.165, 1.54) is 0 Å². The molecule has 0 saturated heterocycles. The molecule has 15 heavy (non-hydrogen) atoms. The van der Waals surface area contributed by atoms with Crippen molar-refractivity contribution in [2.75, 3.05) is 0 Å². The summed E-state index contributed by atoms with van der Waals surface area (Å²) >= 11 is 0. The predicted molar refractivity (Wildman–Crippen MR) is 52.7 cm³/mol. The molecule has 0 unspecified atom stereocenters. The molecule has 0 aliphatic heterocycles. The van der Waals surface area contributed by atoms with Gasteiger partial charge in [-0.1, -0.05) is 20.8 Å². The minimum absolute atomic E-state index is 0.125. The van der Waals surface area contributed by atoms with Crippen LogP contribution in [0.25, 0.3) is 0 Å². The molecule has 0 radical (unpaired) electrons. The Kier molecular flexibility index (Phi) is 3.09. The highest BCUT2D eigenvalue weighted by Crippen LogP contribution is 2.32. The molecule has 0 bridgehead atoms. The van der Waals surface area contributed by atoms with Crippen LogP contribution in [0.1, 0.15) is 32.4 Å². The third-order valence-corrected chi connectivity index (χ3v) is 2.29. The molecular formula is C11H14F3N. The van der Waals surface area contributed by atoms with Gasteiger partial charge in [-0.2, -0.15) is 0 Å². The average Bonchev–Trinajstić information content (AvgIpc) is 2.08. The average molecular weight is 217 g/mol. The number of benzene rings is 1. The van der Waals surface area contributed by atoms with Crippen LogP contribution in [0.2, 0.25) is 0 Å². The first-order chi connectivity index (χ1) is 6.73. The van der Waals surface area contributed by atoms with Crippen LogP contribution in [-0.4, -0.2) is 0 Å². The monoisotopic (exact) mass is 217 g/mol. The van der Waals surface area contributed by atoms with Crippen molar-refractivity contribution in [1.29, 1.82) is 0 Å². The van der Waals surface area contributed by atoms with Crippen molar-refractivity contribution in [2.24, 2.45) is 11.1 Å². The van der Waals surface area contributed by atoms with Gasteiger partial charge in [-0.05, 0) is 11.5 Å². The standard InChI is InChI=1S/C11H14F3N/c1-11(2,3)10(15)7-4-6(12)5-8(13)9(7)14/h4-5,10H,15H2,1-3H3/t10-/m0/s1. The first-order valence-corrected chi connectivity index (χ1v) is 4.63. The van der Waals surface area contributed by atoms with Crippen molar-refractivity contribution in [3.63, 3.8) is 0 Å². The van der Waals surface area contributed by atoms with Crippen LogP contribution in [0.5, 0.6) is 0 Å². The lowest BCUT2D eigenvalue weighted by Crippen LogP contribution is -2.27. The third kappa shape index (κ3) is 2.50. The predicted octanol–water partition coefficient (Wildman–Crippen LogP) is 3.15. The van der Waals surface area contributed by atoms with Gasteiger partial charge in [-0.15, -0.1) is 0 Å². The van der Waals surface area contributed by atoms with Gasteiger partial charge in [0.15, 0.2) is 11.6 Å². The molecule has 0 heterocycles. The van der Waals surface area contributed by atoms with E-state index >= 15 is 0 Å². The normalized spacial score (nSPS) is 14.1. The molecule has 1 atom stereocenters. The lowest BCUT2D eigenvalue weighted by atomic mass is 9.83. The molecular weight excluding hydrogens is 203 g/mol. The van der Waals surface area contributed by atoms with Gasteiger partial charge < -0.3 is 5.73 Å². The molecule has 1 nitrogen and oxygen atoms in total. The molecule has 0 aliphatic carbocycles. The van der Waals surface area contributed by atoms with Gasteiger partial charge in [0.1, 0.15) is 5.82 Å². The van der Waals surface area contributed by atoms with Crippen LogP contribution in [0.15, 0.2) is 12.1 Å². The molecule has 0 spiro atoms.